The summed E-state index contributed by atoms with van der Waals surface area (Å²) in [5, 5.41) is 9.14. The zero-order valence-corrected chi connectivity index (χ0v) is 30.8. The van der Waals surface area contributed by atoms with Crippen molar-refractivity contribution in [2.45, 2.75) is 99.5 Å². The van der Waals surface area contributed by atoms with Gasteiger partial charge in [0.2, 0.25) is 11.8 Å². The summed E-state index contributed by atoms with van der Waals surface area (Å²) in [6.07, 6.45) is 4.69. The minimum atomic E-state index is -0.387. The number of hydrogen-bond donors (Lipinski definition) is 3. The van der Waals surface area contributed by atoms with Crippen molar-refractivity contribution in [1.29, 1.82) is 0 Å². The van der Waals surface area contributed by atoms with Crippen LogP contribution in [-0.4, -0.2) is 60.1 Å². The maximum Gasteiger partial charge on any atom is 0.221 e. The number of ketones is 1. The summed E-state index contributed by atoms with van der Waals surface area (Å²) in [6, 6.07) is 11.7. The number of aromatic nitrogens is 2. The molecule has 2 aliphatic heterocycles. The van der Waals surface area contributed by atoms with Crippen LogP contribution in [0.4, 0.5) is 17.1 Å². The number of benzene rings is 2. The molecule has 49 heavy (non-hydrogen) atoms. The Morgan fingerprint density at radius 3 is 1.90 bits per heavy atom. The Balaban J connectivity index is 0.000000221. The molecule has 5 rings (SSSR count). The van der Waals surface area contributed by atoms with E-state index in [1.54, 1.807) is 0 Å². The van der Waals surface area contributed by atoms with Crippen LogP contribution in [0.2, 0.25) is 0 Å². The summed E-state index contributed by atoms with van der Waals surface area (Å²) in [4.78, 5) is 40.0. The van der Waals surface area contributed by atoms with Crippen molar-refractivity contribution in [2.24, 2.45) is 17.3 Å². The molecule has 2 saturated heterocycles. The predicted octanol–water partition coefficient (Wildman–Crippen LogP) is 7.36. The molecular formula is C39H57N5O5. The fourth-order valence-electron chi connectivity index (χ4n) is 6.19. The number of Topliss-reactive ketones (excluding diaryl/α,β-unsaturated/α-hetero) is 1. The normalized spacial score (nSPS) is 16.1. The highest BCUT2D eigenvalue weighted by molar-refractivity contribution is 5.92. The van der Waals surface area contributed by atoms with Crippen LogP contribution in [0.5, 0.6) is 0 Å². The summed E-state index contributed by atoms with van der Waals surface area (Å²) in [5.41, 5.74) is 5.09. The van der Waals surface area contributed by atoms with E-state index in [9.17, 15) is 14.4 Å². The molecule has 10 nitrogen and oxygen atoms in total. The molecule has 3 aromatic rings. The number of fused-ring (bicyclic) bond motifs is 1. The second kappa shape index (κ2) is 16.8. The van der Waals surface area contributed by atoms with Gasteiger partial charge >= 0.3 is 0 Å². The minimum absolute atomic E-state index is 0.0294. The minimum Gasteiger partial charge on any atom is -0.385 e. The molecule has 0 spiro atoms. The van der Waals surface area contributed by atoms with Gasteiger partial charge in [-0.05, 0) is 79.5 Å². The van der Waals surface area contributed by atoms with Gasteiger partial charge in [0.1, 0.15) is 11.6 Å². The highest BCUT2D eigenvalue weighted by Gasteiger charge is 2.26. The quantitative estimate of drug-likeness (QED) is 0.217. The van der Waals surface area contributed by atoms with Crippen LogP contribution in [0.3, 0.4) is 0 Å². The van der Waals surface area contributed by atoms with E-state index in [4.69, 9.17) is 14.5 Å². The van der Waals surface area contributed by atoms with Crippen LogP contribution in [0.1, 0.15) is 92.5 Å². The van der Waals surface area contributed by atoms with Crippen molar-refractivity contribution in [2.75, 3.05) is 48.9 Å². The van der Waals surface area contributed by atoms with Gasteiger partial charge in [-0.1, -0.05) is 41.5 Å². The standard InChI is InChI=1S/C20H30N2O3.C19H27N3O2/c1-14(23)22-17-5-6-18(21-13-15-7-9-25-10-8-15)16(11-17)12-19(24)20(2,3)4;1-13(23)20-15-5-6-17-16(11-15)21-18(19(2,3)4)22(17)12-14-7-9-24-10-8-14/h5-6,11,15,21H,7-10,12-13H2,1-4H3,(H,22,23);5-6,11,14H,7-10,12H2,1-4H3,(H,20,23). The number of anilines is 3. The number of carbonyl (C=O) groups excluding carboxylic acids is 3. The van der Waals surface area contributed by atoms with Gasteiger partial charge in [0, 0.05) is 87.7 Å². The first-order chi connectivity index (χ1) is 23.1. The van der Waals surface area contributed by atoms with Crippen molar-refractivity contribution in [3.05, 3.63) is 47.8 Å². The smallest absolute Gasteiger partial charge is 0.221 e. The Labute approximate surface area is 292 Å². The summed E-state index contributed by atoms with van der Waals surface area (Å²) in [5.74, 6) is 2.33. The fourth-order valence-corrected chi connectivity index (χ4v) is 6.19. The van der Waals surface area contributed by atoms with E-state index in [0.717, 1.165) is 105 Å². The predicted molar refractivity (Wildman–Crippen MR) is 197 cm³/mol. The van der Waals surface area contributed by atoms with Gasteiger partial charge in [0.15, 0.2) is 0 Å². The lowest BCUT2D eigenvalue weighted by atomic mass is 9.86. The van der Waals surface area contributed by atoms with Crippen LogP contribution in [0.25, 0.3) is 11.0 Å². The number of ether oxygens (including phenoxy) is 2. The van der Waals surface area contributed by atoms with E-state index in [2.05, 4.69) is 47.4 Å². The second-order valence-corrected chi connectivity index (χ2v) is 15.6. The van der Waals surface area contributed by atoms with Gasteiger partial charge in [-0.3, -0.25) is 14.4 Å². The van der Waals surface area contributed by atoms with Crippen molar-refractivity contribution in [3.63, 3.8) is 0 Å². The van der Waals surface area contributed by atoms with Gasteiger partial charge in [-0.25, -0.2) is 4.98 Å². The summed E-state index contributed by atoms with van der Waals surface area (Å²) >= 11 is 0. The zero-order valence-electron chi connectivity index (χ0n) is 30.8. The molecule has 2 fully saturated rings. The number of nitrogens with zero attached hydrogens (tertiary/aromatic N) is 2. The lowest BCUT2D eigenvalue weighted by molar-refractivity contribution is -0.125. The molecule has 10 heteroatoms. The molecule has 0 radical (unpaired) electrons. The lowest BCUT2D eigenvalue weighted by Crippen LogP contribution is -2.25. The van der Waals surface area contributed by atoms with Gasteiger partial charge in [0.25, 0.3) is 0 Å². The summed E-state index contributed by atoms with van der Waals surface area (Å²) in [7, 11) is 0. The van der Waals surface area contributed by atoms with Gasteiger partial charge in [-0.15, -0.1) is 0 Å². The molecule has 0 saturated carbocycles. The average Bonchev–Trinajstić information content (AvgIpc) is 3.39. The van der Waals surface area contributed by atoms with Crippen molar-refractivity contribution in [1.82, 2.24) is 9.55 Å². The first-order valence-electron chi connectivity index (χ1n) is 17.7. The Kier molecular flexibility index (Phi) is 13.0. The van der Waals surface area contributed by atoms with Crippen LogP contribution >= 0.6 is 0 Å². The van der Waals surface area contributed by atoms with E-state index in [1.807, 2.05) is 51.1 Å². The molecule has 3 heterocycles. The van der Waals surface area contributed by atoms with Gasteiger partial charge in [-0.2, -0.15) is 0 Å². The fraction of sp³-hybridized carbons (Fsp3) is 0.590. The van der Waals surface area contributed by atoms with Crippen LogP contribution < -0.4 is 16.0 Å². The molecule has 0 aliphatic carbocycles. The average molecular weight is 676 g/mol. The highest BCUT2D eigenvalue weighted by Crippen LogP contribution is 2.31. The zero-order chi connectivity index (χ0) is 35.8. The molecule has 0 atom stereocenters. The number of nitrogens with one attached hydrogen (secondary N) is 3. The van der Waals surface area contributed by atoms with E-state index < -0.39 is 0 Å². The van der Waals surface area contributed by atoms with E-state index >= 15 is 0 Å². The largest absolute Gasteiger partial charge is 0.385 e. The number of rotatable bonds is 9. The maximum atomic E-state index is 12.5. The van der Waals surface area contributed by atoms with E-state index in [1.165, 1.54) is 13.8 Å². The SMILES string of the molecule is CC(=O)Nc1ccc(NCC2CCOCC2)c(CC(=O)C(C)(C)C)c1.CC(=O)Nc1ccc2c(c1)nc(C(C)(C)C)n2CC1CCOCC1. The third-order valence-corrected chi connectivity index (χ3v) is 9.06. The molecule has 0 unspecified atom stereocenters. The van der Waals surface area contributed by atoms with E-state index in [0.29, 0.717) is 18.3 Å². The van der Waals surface area contributed by atoms with Gasteiger partial charge in [0.05, 0.1) is 11.0 Å². The van der Waals surface area contributed by atoms with Crippen LogP contribution in [0.15, 0.2) is 36.4 Å². The molecular weight excluding hydrogens is 618 g/mol. The summed E-state index contributed by atoms with van der Waals surface area (Å²) < 4.78 is 13.3. The Morgan fingerprint density at radius 1 is 0.796 bits per heavy atom. The third-order valence-electron chi connectivity index (χ3n) is 9.06. The van der Waals surface area contributed by atoms with Crippen molar-refractivity contribution >= 4 is 45.7 Å². The molecule has 2 aromatic carbocycles. The molecule has 1 aromatic heterocycles. The van der Waals surface area contributed by atoms with Crippen molar-refractivity contribution < 1.29 is 23.9 Å². The number of amides is 2. The third kappa shape index (κ3) is 11.4. The summed E-state index contributed by atoms with van der Waals surface area (Å²) in [6.45, 7) is 20.6. The Hall–Kier alpha value is -3.76. The monoisotopic (exact) mass is 675 g/mol. The Morgan fingerprint density at radius 2 is 1.35 bits per heavy atom. The number of hydrogen-bond acceptors (Lipinski definition) is 7. The maximum absolute atomic E-state index is 12.5. The first kappa shape index (κ1) is 38.0. The highest BCUT2D eigenvalue weighted by atomic mass is 16.5. The molecule has 2 aliphatic rings. The van der Waals surface area contributed by atoms with Crippen molar-refractivity contribution in [3.8, 4) is 0 Å². The van der Waals surface area contributed by atoms with Crippen LogP contribution in [0, 0.1) is 17.3 Å². The van der Waals surface area contributed by atoms with E-state index in [-0.39, 0.29) is 28.4 Å². The molecule has 3 N–H and O–H groups in total. The lowest BCUT2D eigenvalue weighted by Gasteiger charge is -2.26. The molecule has 2 amide bonds. The number of imidazole rings is 1. The number of carbonyl (C=O) groups is 3. The van der Waals surface area contributed by atoms with Crippen LogP contribution in [-0.2, 0) is 42.2 Å². The molecule has 0 bridgehead atoms. The molecule has 268 valence electrons. The topological polar surface area (TPSA) is 124 Å². The van der Waals surface area contributed by atoms with Gasteiger partial charge < -0.3 is 30.0 Å². The Bertz CT molecular complexity index is 1590. The first-order valence-corrected chi connectivity index (χ1v) is 17.7. The second-order valence-electron chi connectivity index (χ2n) is 15.6.